The Kier molecular flexibility index (Phi) is 8.64. The smallest absolute Gasteiger partial charge is 0.409 e. The van der Waals surface area contributed by atoms with Crippen LogP contribution in [0.15, 0.2) is 35.6 Å². The Bertz CT molecular complexity index is 1300. The van der Waals surface area contributed by atoms with Gasteiger partial charge in [-0.1, -0.05) is 0 Å². The third-order valence-corrected chi connectivity index (χ3v) is 7.19. The van der Waals surface area contributed by atoms with Gasteiger partial charge in [0.05, 0.1) is 20.0 Å². The summed E-state index contributed by atoms with van der Waals surface area (Å²) < 4.78 is 94.8. The highest BCUT2D eigenvalue weighted by Crippen LogP contribution is 2.26. The fraction of sp³-hybridized carbons (Fsp3) is 0.391. The van der Waals surface area contributed by atoms with Crippen LogP contribution < -0.4 is 4.72 Å². The first-order valence-electron chi connectivity index (χ1n) is 11.0. The Morgan fingerprint density at radius 2 is 1.78 bits per heavy atom. The van der Waals surface area contributed by atoms with E-state index in [9.17, 15) is 31.2 Å². The molecule has 202 valence electrons. The van der Waals surface area contributed by atoms with Crippen molar-refractivity contribution in [1.82, 2.24) is 14.2 Å². The average Bonchev–Trinajstić information content (AvgIpc) is 3.35. The standard InChI is InChI=1S/C23H25F4N3O6S/c1-4-36-23(32)30-10-14(5-6-35-3)17(11-30)28-37(33,34)19-12-29(2)22(21(19)27)18(31)9-13-7-15(24)20(26)16(25)8-13/h5-8,12,14,17,28H,4,9-11H2,1-3H3. The molecule has 2 aromatic rings. The number of nitrogens with one attached hydrogen (secondary N) is 1. The van der Waals surface area contributed by atoms with Crippen LogP contribution in [0.25, 0.3) is 0 Å². The maximum atomic E-state index is 15.3. The summed E-state index contributed by atoms with van der Waals surface area (Å²) in [5, 5.41) is 0. The highest BCUT2D eigenvalue weighted by Gasteiger charge is 2.39. The van der Waals surface area contributed by atoms with Gasteiger partial charge >= 0.3 is 6.09 Å². The Balaban J connectivity index is 1.85. The zero-order valence-electron chi connectivity index (χ0n) is 20.1. The largest absolute Gasteiger partial charge is 0.505 e. The van der Waals surface area contributed by atoms with E-state index in [1.165, 1.54) is 25.3 Å². The van der Waals surface area contributed by atoms with Crippen LogP contribution in [-0.4, -0.2) is 62.6 Å². The number of benzene rings is 1. The number of halogens is 4. The Hall–Kier alpha value is -3.39. The number of Topliss-reactive ketones (excluding diaryl/α,β-unsaturated/α-hetero) is 1. The van der Waals surface area contributed by atoms with Crippen LogP contribution in [0.4, 0.5) is 22.4 Å². The van der Waals surface area contributed by atoms with Crippen LogP contribution in [0, 0.1) is 29.2 Å². The number of ether oxygens (including phenoxy) is 2. The minimum atomic E-state index is -4.54. The van der Waals surface area contributed by atoms with Crippen molar-refractivity contribution >= 4 is 21.9 Å². The van der Waals surface area contributed by atoms with Crippen LogP contribution in [0.5, 0.6) is 0 Å². The summed E-state index contributed by atoms with van der Waals surface area (Å²) in [6.45, 7) is 1.78. The molecule has 0 saturated carbocycles. The maximum absolute atomic E-state index is 15.3. The molecular weight excluding hydrogens is 522 g/mol. The number of likely N-dealkylation sites (tertiary alicyclic amines) is 1. The van der Waals surface area contributed by atoms with Crippen molar-refractivity contribution < 1.29 is 45.0 Å². The molecule has 37 heavy (non-hydrogen) atoms. The molecule has 1 saturated heterocycles. The van der Waals surface area contributed by atoms with Crippen molar-refractivity contribution in [1.29, 1.82) is 0 Å². The number of amides is 1. The zero-order valence-corrected chi connectivity index (χ0v) is 21.0. The van der Waals surface area contributed by atoms with Crippen molar-refractivity contribution in [3.05, 3.63) is 65.2 Å². The first kappa shape index (κ1) is 28.2. The predicted octanol–water partition coefficient (Wildman–Crippen LogP) is 2.90. The van der Waals surface area contributed by atoms with Gasteiger partial charge in [-0.15, -0.1) is 0 Å². The van der Waals surface area contributed by atoms with Gasteiger partial charge in [-0.25, -0.2) is 35.5 Å². The number of carbonyl (C=O) groups excluding carboxylic acids is 2. The summed E-state index contributed by atoms with van der Waals surface area (Å²) in [4.78, 5) is 25.3. The van der Waals surface area contributed by atoms with Gasteiger partial charge in [-0.2, -0.15) is 0 Å². The molecule has 1 aliphatic heterocycles. The summed E-state index contributed by atoms with van der Waals surface area (Å²) >= 11 is 0. The molecule has 3 rings (SSSR count). The third kappa shape index (κ3) is 6.13. The van der Waals surface area contributed by atoms with Gasteiger partial charge in [0, 0.05) is 44.7 Å². The number of sulfonamides is 1. The first-order chi connectivity index (χ1) is 17.4. The lowest BCUT2D eigenvalue weighted by atomic mass is 10.1. The van der Waals surface area contributed by atoms with E-state index < -0.39 is 74.1 Å². The number of hydrogen-bond acceptors (Lipinski definition) is 6. The molecule has 2 heterocycles. The number of methoxy groups -OCH3 is 1. The van der Waals surface area contributed by atoms with E-state index in [1.54, 1.807) is 13.0 Å². The second kappa shape index (κ2) is 11.3. The fourth-order valence-electron chi connectivity index (χ4n) is 4.01. The molecule has 1 aromatic heterocycles. The zero-order chi connectivity index (χ0) is 27.5. The van der Waals surface area contributed by atoms with Crippen molar-refractivity contribution in [2.75, 3.05) is 26.8 Å². The van der Waals surface area contributed by atoms with Gasteiger partial charge in [0.1, 0.15) is 10.6 Å². The molecule has 0 aliphatic carbocycles. The Morgan fingerprint density at radius 1 is 1.14 bits per heavy atom. The minimum absolute atomic E-state index is 0.0707. The molecule has 0 radical (unpaired) electrons. The van der Waals surface area contributed by atoms with Gasteiger partial charge < -0.3 is 18.9 Å². The number of nitrogens with zero attached hydrogens (tertiary/aromatic N) is 2. The monoisotopic (exact) mass is 547 g/mol. The summed E-state index contributed by atoms with van der Waals surface area (Å²) in [5.41, 5.74) is -0.914. The number of rotatable bonds is 9. The molecule has 1 N–H and O–H groups in total. The molecule has 2 unspecified atom stereocenters. The van der Waals surface area contributed by atoms with Gasteiger partial charge in [0.15, 0.2) is 29.1 Å². The molecule has 9 nitrogen and oxygen atoms in total. The number of aromatic nitrogens is 1. The number of carbonyl (C=O) groups is 2. The van der Waals surface area contributed by atoms with E-state index in [4.69, 9.17) is 9.47 Å². The van der Waals surface area contributed by atoms with Gasteiger partial charge in [-0.3, -0.25) is 4.79 Å². The van der Waals surface area contributed by atoms with Crippen LogP contribution in [-0.2, 0) is 33.0 Å². The van der Waals surface area contributed by atoms with Crippen molar-refractivity contribution in [3.63, 3.8) is 0 Å². The summed E-state index contributed by atoms with van der Waals surface area (Å²) in [6, 6.07) is 0.323. The topological polar surface area (TPSA) is 107 Å². The third-order valence-electron chi connectivity index (χ3n) is 5.71. The number of aryl methyl sites for hydroxylation is 1. The maximum Gasteiger partial charge on any atom is 0.409 e. The second-order valence-corrected chi connectivity index (χ2v) is 9.98. The normalized spacial score (nSPS) is 18.0. The lowest BCUT2D eigenvalue weighted by Crippen LogP contribution is -2.41. The molecule has 1 aliphatic rings. The van der Waals surface area contributed by atoms with Crippen LogP contribution >= 0.6 is 0 Å². The Morgan fingerprint density at radius 3 is 2.38 bits per heavy atom. The second-order valence-electron chi connectivity index (χ2n) is 8.30. The quantitative estimate of drug-likeness (QED) is 0.224. The van der Waals surface area contributed by atoms with E-state index in [0.29, 0.717) is 12.1 Å². The molecule has 1 amide bonds. The molecule has 0 spiro atoms. The van der Waals surface area contributed by atoms with E-state index in [0.717, 1.165) is 10.8 Å². The van der Waals surface area contributed by atoms with Crippen molar-refractivity contribution in [2.45, 2.75) is 24.3 Å². The fourth-order valence-corrected chi connectivity index (χ4v) is 5.41. The van der Waals surface area contributed by atoms with E-state index in [1.807, 2.05) is 0 Å². The highest BCUT2D eigenvalue weighted by atomic mass is 32.2. The Labute approximate surface area is 210 Å². The number of hydrogen-bond donors (Lipinski definition) is 1. The molecule has 1 fully saturated rings. The molecular formula is C23H25F4N3O6S. The minimum Gasteiger partial charge on any atom is -0.505 e. The van der Waals surface area contributed by atoms with E-state index in [-0.39, 0.29) is 25.3 Å². The predicted molar refractivity (Wildman–Crippen MR) is 122 cm³/mol. The average molecular weight is 548 g/mol. The highest BCUT2D eigenvalue weighted by molar-refractivity contribution is 7.89. The summed E-state index contributed by atoms with van der Waals surface area (Å²) in [7, 11) is -1.93. The van der Waals surface area contributed by atoms with Crippen LogP contribution in [0.2, 0.25) is 0 Å². The molecule has 14 heteroatoms. The molecule has 2 atom stereocenters. The van der Waals surface area contributed by atoms with E-state index >= 15 is 4.39 Å². The lowest BCUT2D eigenvalue weighted by Gasteiger charge is -2.17. The van der Waals surface area contributed by atoms with E-state index in [2.05, 4.69) is 4.72 Å². The van der Waals surface area contributed by atoms with Crippen molar-refractivity contribution in [3.8, 4) is 0 Å². The van der Waals surface area contributed by atoms with Crippen LogP contribution in [0.3, 0.4) is 0 Å². The summed E-state index contributed by atoms with van der Waals surface area (Å²) in [6.07, 6.45) is 2.39. The first-order valence-corrected chi connectivity index (χ1v) is 12.5. The summed E-state index contributed by atoms with van der Waals surface area (Å²) in [5.74, 6) is -7.64. The van der Waals surface area contributed by atoms with Gasteiger partial charge in [0.2, 0.25) is 10.0 Å². The van der Waals surface area contributed by atoms with Gasteiger partial charge in [-0.05, 0) is 30.7 Å². The molecule has 0 bridgehead atoms. The van der Waals surface area contributed by atoms with Crippen molar-refractivity contribution in [2.24, 2.45) is 13.0 Å². The van der Waals surface area contributed by atoms with Crippen LogP contribution in [0.1, 0.15) is 23.0 Å². The number of ketones is 1. The lowest BCUT2D eigenvalue weighted by molar-refractivity contribution is 0.0980. The molecule has 1 aromatic carbocycles. The SMILES string of the molecule is CCOC(=O)N1CC(C=COC)C(NS(=O)(=O)c2cn(C)c(C(=O)Cc3cc(F)c(F)c(F)c3)c2F)C1. The van der Waals surface area contributed by atoms with Gasteiger partial charge in [0.25, 0.3) is 0 Å².